The summed E-state index contributed by atoms with van der Waals surface area (Å²) in [4.78, 5) is 24.9. The first kappa shape index (κ1) is 27.2. The molecule has 0 aliphatic heterocycles. The highest BCUT2D eigenvalue weighted by Gasteiger charge is 2.36. The number of nitrogens with one attached hydrogen (secondary N) is 2. The van der Waals surface area contributed by atoms with E-state index in [2.05, 4.69) is 15.5 Å². The van der Waals surface area contributed by atoms with E-state index in [1.807, 2.05) is 12.1 Å². The molecule has 1 aromatic heterocycles. The molecule has 8 nitrogen and oxygen atoms in total. The minimum atomic E-state index is -1.24. The Morgan fingerprint density at radius 3 is 2.58 bits per heavy atom. The number of carboxylic acid groups (broad SMARTS) is 1. The molecule has 0 fully saturated rings. The summed E-state index contributed by atoms with van der Waals surface area (Å²) in [5.41, 5.74) is 0.813. The summed E-state index contributed by atoms with van der Waals surface area (Å²) < 4.78 is 24.7. The molecule has 0 bridgehead atoms. The van der Waals surface area contributed by atoms with Crippen LogP contribution in [-0.2, 0) is 16.0 Å². The van der Waals surface area contributed by atoms with Crippen LogP contribution in [0.15, 0.2) is 48.5 Å². The number of hydrogen-bond acceptors (Lipinski definition) is 5. The van der Waals surface area contributed by atoms with Crippen molar-refractivity contribution >= 4 is 23.5 Å². The number of aromatic amines is 1. The van der Waals surface area contributed by atoms with Crippen LogP contribution in [0.1, 0.15) is 36.3 Å². The van der Waals surface area contributed by atoms with Crippen molar-refractivity contribution in [3.8, 4) is 17.0 Å². The number of rotatable bonds is 12. The van der Waals surface area contributed by atoms with Gasteiger partial charge in [-0.15, -0.1) is 5.10 Å². The lowest BCUT2D eigenvalue weighted by Gasteiger charge is -2.29. The van der Waals surface area contributed by atoms with E-state index in [0.717, 1.165) is 5.56 Å². The molecule has 2 atom stereocenters. The van der Waals surface area contributed by atoms with E-state index < -0.39 is 23.3 Å². The van der Waals surface area contributed by atoms with Crippen LogP contribution in [0.25, 0.3) is 11.1 Å². The molecular weight excluding hydrogens is 489 g/mol. The third-order valence-corrected chi connectivity index (χ3v) is 6.01. The fourth-order valence-electron chi connectivity index (χ4n) is 3.97. The van der Waals surface area contributed by atoms with E-state index in [0.29, 0.717) is 29.2 Å². The number of H-pyrrole nitrogens is 1. The molecule has 0 unspecified atom stereocenters. The number of aromatic nitrogens is 2. The Labute approximate surface area is 213 Å². The Morgan fingerprint density at radius 2 is 1.94 bits per heavy atom. The second-order valence-electron chi connectivity index (χ2n) is 8.75. The van der Waals surface area contributed by atoms with Gasteiger partial charge in [0.05, 0.1) is 18.6 Å². The average molecular weight is 518 g/mol. The lowest BCUT2D eigenvalue weighted by molar-refractivity contribution is -0.152. The molecule has 10 heteroatoms. The van der Waals surface area contributed by atoms with Crippen molar-refractivity contribution in [1.29, 1.82) is 0 Å². The summed E-state index contributed by atoms with van der Waals surface area (Å²) in [6, 6.07) is 12.4. The van der Waals surface area contributed by atoms with Crippen molar-refractivity contribution in [2.45, 2.75) is 32.7 Å². The predicted molar refractivity (Wildman–Crippen MR) is 134 cm³/mol. The standard InChI is InChI=1S/C26H29ClFN3O5/c1-4-36-23-13-22(30-31-23)24(32)29-19(14-26(2,15-35-3)25(33)34)11-16-5-7-17(8-6-16)20-12-18(27)9-10-21(20)28/h5-10,12-13,19H,4,11,14-15H2,1-3H3,(H,29,32)(H,30,31)(H,33,34)/t19-,26+/m1/s1. The molecule has 3 N–H and O–H groups in total. The number of aliphatic carboxylic acids is 1. The zero-order valence-corrected chi connectivity index (χ0v) is 21.1. The summed E-state index contributed by atoms with van der Waals surface area (Å²) in [5.74, 6) is -1.57. The third-order valence-electron chi connectivity index (χ3n) is 5.78. The number of benzene rings is 2. The number of carbonyl (C=O) groups excluding carboxylic acids is 1. The quantitative estimate of drug-likeness (QED) is 0.320. The Kier molecular flexibility index (Phi) is 9.06. The highest BCUT2D eigenvalue weighted by Crippen LogP contribution is 2.29. The summed E-state index contributed by atoms with van der Waals surface area (Å²) in [6.45, 7) is 3.75. The van der Waals surface area contributed by atoms with E-state index in [1.165, 1.54) is 25.3 Å². The number of hydrogen-bond donors (Lipinski definition) is 3. The van der Waals surface area contributed by atoms with E-state index in [1.54, 1.807) is 32.0 Å². The summed E-state index contributed by atoms with van der Waals surface area (Å²) in [7, 11) is 1.43. The van der Waals surface area contributed by atoms with Gasteiger partial charge in [-0.1, -0.05) is 35.9 Å². The van der Waals surface area contributed by atoms with E-state index >= 15 is 0 Å². The minimum Gasteiger partial charge on any atom is -0.481 e. The van der Waals surface area contributed by atoms with Crippen LogP contribution in [-0.4, -0.2) is 53.5 Å². The molecule has 3 rings (SSSR count). The van der Waals surface area contributed by atoms with Crippen molar-refractivity contribution in [3.63, 3.8) is 0 Å². The molecule has 3 aromatic rings. The lowest BCUT2D eigenvalue weighted by Crippen LogP contribution is -2.44. The highest BCUT2D eigenvalue weighted by molar-refractivity contribution is 6.30. The van der Waals surface area contributed by atoms with Gasteiger partial charge in [0.1, 0.15) is 11.5 Å². The van der Waals surface area contributed by atoms with Crippen LogP contribution >= 0.6 is 11.6 Å². The SMILES string of the molecule is CCOc1cc(C(=O)N[C@H](Cc2ccc(-c3cc(Cl)ccc3F)cc2)C[C@@](C)(COC)C(=O)O)[nH]n1. The van der Waals surface area contributed by atoms with Crippen molar-refractivity contribution < 1.29 is 28.6 Å². The monoisotopic (exact) mass is 517 g/mol. The van der Waals surface area contributed by atoms with Gasteiger partial charge in [0.2, 0.25) is 5.88 Å². The zero-order valence-electron chi connectivity index (χ0n) is 20.3. The van der Waals surface area contributed by atoms with E-state index in [-0.39, 0.29) is 30.4 Å². The maximum atomic E-state index is 14.3. The first-order valence-corrected chi connectivity index (χ1v) is 11.8. The number of methoxy groups -OCH3 is 1. The lowest BCUT2D eigenvalue weighted by atomic mass is 9.82. The molecule has 0 radical (unpaired) electrons. The van der Waals surface area contributed by atoms with Gasteiger partial charge >= 0.3 is 5.97 Å². The van der Waals surface area contributed by atoms with Crippen molar-refractivity contribution in [2.75, 3.05) is 20.3 Å². The Balaban J connectivity index is 1.83. The molecule has 0 saturated carbocycles. The molecule has 192 valence electrons. The topological polar surface area (TPSA) is 114 Å². The number of ether oxygens (including phenoxy) is 2. The van der Waals surface area contributed by atoms with Crippen molar-refractivity contribution in [3.05, 3.63) is 70.6 Å². The van der Waals surface area contributed by atoms with Gasteiger partial charge in [0.15, 0.2) is 0 Å². The van der Waals surface area contributed by atoms with Crippen LogP contribution < -0.4 is 10.1 Å². The average Bonchev–Trinajstić information content (AvgIpc) is 3.30. The van der Waals surface area contributed by atoms with Gasteiger partial charge < -0.3 is 19.9 Å². The molecule has 0 aliphatic carbocycles. The van der Waals surface area contributed by atoms with Crippen LogP contribution in [0.3, 0.4) is 0 Å². The second kappa shape index (κ2) is 12.0. The minimum absolute atomic E-state index is 0.0275. The van der Waals surface area contributed by atoms with Gasteiger partial charge in [-0.05, 0) is 56.0 Å². The molecule has 2 aromatic carbocycles. The maximum absolute atomic E-state index is 14.3. The number of carbonyl (C=O) groups is 2. The number of amides is 1. The second-order valence-corrected chi connectivity index (χ2v) is 9.19. The van der Waals surface area contributed by atoms with Crippen molar-refractivity contribution in [2.24, 2.45) is 5.41 Å². The van der Waals surface area contributed by atoms with Gasteiger partial charge in [0.25, 0.3) is 5.91 Å². The molecule has 0 spiro atoms. The largest absolute Gasteiger partial charge is 0.481 e. The van der Waals surface area contributed by atoms with E-state index in [4.69, 9.17) is 21.1 Å². The normalized spacial score (nSPS) is 13.6. The molecule has 0 saturated heterocycles. The van der Waals surface area contributed by atoms with Crippen LogP contribution in [0.5, 0.6) is 5.88 Å². The summed E-state index contributed by atoms with van der Waals surface area (Å²) in [6.07, 6.45) is 0.447. The molecule has 36 heavy (non-hydrogen) atoms. The maximum Gasteiger partial charge on any atom is 0.311 e. The zero-order chi connectivity index (χ0) is 26.3. The van der Waals surface area contributed by atoms with E-state index in [9.17, 15) is 19.1 Å². The van der Waals surface area contributed by atoms with Gasteiger partial charge in [-0.3, -0.25) is 14.7 Å². The Morgan fingerprint density at radius 1 is 1.22 bits per heavy atom. The fraction of sp³-hybridized carbons (Fsp3) is 0.346. The smallest absolute Gasteiger partial charge is 0.311 e. The first-order valence-electron chi connectivity index (χ1n) is 11.4. The van der Waals surface area contributed by atoms with Crippen LogP contribution in [0, 0.1) is 11.2 Å². The summed E-state index contributed by atoms with van der Waals surface area (Å²) >= 11 is 6.02. The van der Waals surface area contributed by atoms with Crippen LogP contribution in [0.2, 0.25) is 5.02 Å². The number of carboxylic acids is 1. The first-order chi connectivity index (χ1) is 17.1. The highest BCUT2D eigenvalue weighted by atomic mass is 35.5. The van der Waals surface area contributed by atoms with Crippen LogP contribution in [0.4, 0.5) is 4.39 Å². The summed E-state index contributed by atoms with van der Waals surface area (Å²) in [5, 5.41) is 19.7. The fourth-order valence-corrected chi connectivity index (χ4v) is 4.14. The molecule has 1 amide bonds. The number of nitrogens with zero attached hydrogens (tertiary/aromatic N) is 1. The predicted octanol–water partition coefficient (Wildman–Crippen LogP) is 4.74. The molecular formula is C26H29ClFN3O5. The Bertz CT molecular complexity index is 1200. The number of halogens is 2. The van der Waals surface area contributed by atoms with Gasteiger partial charge in [0, 0.05) is 29.8 Å². The van der Waals surface area contributed by atoms with Gasteiger partial charge in [-0.2, -0.15) is 0 Å². The van der Waals surface area contributed by atoms with Crippen molar-refractivity contribution in [1.82, 2.24) is 15.5 Å². The Hall–Kier alpha value is -3.43. The molecule has 0 aliphatic rings. The third kappa shape index (κ3) is 6.83. The van der Waals surface area contributed by atoms with Gasteiger partial charge in [-0.25, -0.2) is 4.39 Å². The molecule has 1 heterocycles.